The standard InChI is InChI=1S/C15H22N4O/c20-15-17-8-12-19(15)14-5-10-18(11-6-14)9-4-13-3-1-2-7-16-13/h1-3,7,14H,4-6,8-12H2,(H,17,20). The first kappa shape index (κ1) is 13.4. The lowest BCUT2D eigenvalue weighted by Gasteiger charge is -2.36. The van der Waals surface area contributed by atoms with Gasteiger partial charge in [0.2, 0.25) is 0 Å². The molecule has 2 aliphatic heterocycles. The number of amides is 2. The number of nitrogens with one attached hydrogen (secondary N) is 1. The molecule has 3 heterocycles. The Morgan fingerprint density at radius 3 is 2.75 bits per heavy atom. The van der Waals surface area contributed by atoms with Gasteiger partial charge in [-0.05, 0) is 25.0 Å². The van der Waals surface area contributed by atoms with Crippen LogP contribution in [0.15, 0.2) is 24.4 Å². The van der Waals surface area contributed by atoms with E-state index in [4.69, 9.17) is 0 Å². The number of aromatic nitrogens is 1. The van der Waals surface area contributed by atoms with Crippen LogP contribution < -0.4 is 5.32 Å². The predicted octanol–water partition coefficient (Wildman–Crippen LogP) is 1.11. The van der Waals surface area contributed by atoms with E-state index in [1.54, 1.807) is 0 Å². The lowest BCUT2D eigenvalue weighted by atomic mass is 10.0. The van der Waals surface area contributed by atoms with Crippen LogP contribution in [-0.4, -0.2) is 59.6 Å². The maximum Gasteiger partial charge on any atom is 0.317 e. The Labute approximate surface area is 120 Å². The molecule has 0 aliphatic carbocycles. The quantitative estimate of drug-likeness (QED) is 0.895. The molecule has 2 saturated heterocycles. The Kier molecular flexibility index (Phi) is 4.16. The van der Waals surface area contributed by atoms with E-state index in [2.05, 4.69) is 21.3 Å². The van der Waals surface area contributed by atoms with Crippen LogP contribution in [-0.2, 0) is 6.42 Å². The number of piperidine rings is 1. The van der Waals surface area contributed by atoms with E-state index in [9.17, 15) is 4.79 Å². The number of carbonyl (C=O) groups excluding carboxylic acids is 1. The van der Waals surface area contributed by atoms with Gasteiger partial charge >= 0.3 is 6.03 Å². The van der Waals surface area contributed by atoms with Gasteiger partial charge in [0.1, 0.15) is 0 Å². The Morgan fingerprint density at radius 1 is 1.25 bits per heavy atom. The third kappa shape index (κ3) is 3.10. The van der Waals surface area contributed by atoms with E-state index < -0.39 is 0 Å². The van der Waals surface area contributed by atoms with Gasteiger partial charge in [-0.15, -0.1) is 0 Å². The van der Waals surface area contributed by atoms with Crippen LogP contribution in [0.5, 0.6) is 0 Å². The summed E-state index contributed by atoms with van der Waals surface area (Å²) in [5, 5.41) is 2.89. The van der Waals surface area contributed by atoms with Crippen LogP contribution in [0.4, 0.5) is 4.79 Å². The highest BCUT2D eigenvalue weighted by atomic mass is 16.2. The Morgan fingerprint density at radius 2 is 2.10 bits per heavy atom. The maximum atomic E-state index is 11.7. The van der Waals surface area contributed by atoms with Crippen molar-refractivity contribution in [2.45, 2.75) is 25.3 Å². The van der Waals surface area contributed by atoms with Crippen LogP contribution in [0.3, 0.4) is 0 Å². The first-order valence-electron chi connectivity index (χ1n) is 7.49. The van der Waals surface area contributed by atoms with E-state index in [1.807, 2.05) is 23.2 Å². The van der Waals surface area contributed by atoms with Crippen molar-refractivity contribution in [3.63, 3.8) is 0 Å². The number of hydrogen-bond donors (Lipinski definition) is 1. The van der Waals surface area contributed by atoms with Crippen molar-refractivity contribution in [2.75, 3.05) is 32.7 Å². The Bertz CT molecular complexity index is 442. The molecule has 0 atom stereocenters. The van der Waals surface area contributed by atoms with E-state index >= 15 is 0 Å². The molecular formula is C15H22N4O. The summed E-state index contributed by atoms with van der Waals surface area (Å²) in [4.78, 5) is 20.5. The normalized spacial score (nSPS) is 21.2. The highest BCUT2D eigenvalue weighted by Gasteiger charge is 2.30. The molecule has 0 aromatic carbocycles. The summed E-state index contributed by atoms with van der Waals surface area (Å²) in [7, 11) is 0. The van der Waals surface area contributed by atoms with E-state index in [0.29, 0.717) is 6.04 Å². The Hall–Kier alpha value is -1.62. The molecule has 2 fully saturated rings. The first-order valence-corrected chi connectivity index (χ1v) is 7.49. The van der Waals surface area contributed by atoms with Gasteiger partial charge in [-0.25, -0.2) is 4.79 Å². The zero-order chi connectivity index (χ0) is 13.8. The summed E-state index contributed by atoms with van der Waals surface area (Å²) in [6.07, 6.45) is 5.05. The number of pyridine rings is 1. The van der Waals surface area contributed by atoms with Gasteiger partial charge < -0.3 is 15.1 Å². The molecule has 0 unspecified atom stereocenters. The van der Waals surface area contributed by atoms with E-state index in [0.717, 1.165) is 57.7 Å². The van der Waals surface area contributed by atoms with Gasteiger partial charge in [0, 0.05) is 57.1 Å². The van der Waals surface area contributed by atoms with Crippen LogP contribution in [0, 0.1) is 0 Å². The molecule has 5 nitrogen and oxygen atoms in total. The minimum Gasteiger partial charge on any atom is -0.336 e. The molecular weight excluding hydrogens is 252 g/mol. The van der Waals surface area contributed by atoms with Crippen molar-refractivity contribution < 1.29 is 4.79 Å². The summed E-state index contributed by atoms with van der Waals surface area (Å²) >= 11 is 0. The summed E-state index contributed by atoms with van der Waals surface area (Å²) in [5.74, 6) is 0. The minimum atomic E-state index is 0.122. The van der Waals surface area contributed by atoms with Crippen molar-refractivity contribution in [3.05, 3.63) is 30.1 Å². The van der Waals surface area contributed by atoms with Gasteiger partial charge in [-0.3, -0.25) is 4.98 Å². The number of likely N-dealkylation sites (tertiary alicyclic amines) is 1. The fourth-order valence-electron chi connectivity index (χ4n) is 3.11. The second-order valence-corrected chi connectivity index (χ2v) is 5.57. The smallest absolute Gasteiger partial charge is 0.317 e. The van der Waals surface area contributed by atoms with Crippen molar-refractivity contribution in [3.8, 4) is 0 Å². The van der Waals surface area contributed by atoms with Crippen LogP contribution in [0.25, 0.3) is 0 Å². The molecule has 0 spiro atoms. The highest BCUT2D eigenvalue weighted by molar-refractivity contribution is 5.76. The van der Waals surface area contributed by atoms with Gasteiger partial charge in [0.15, 0.2) is 0 Å². The van der Waals surface area contributed by atoms with E-state index in [-0.39, 0.29) is 6.03 Å². The second kappa shape index (κ2) is 6.22. The fourth-order valence-corrected chi connectivity index (χ4v) is 3.11. The minimum absolute atomic E-state index is 0.122. The molecule has 0 radical (unpaired) electrons. The molecule has 1 aromatic rings. The van der Waals surface area contributed by atoms with Gasteiger partial charge in [-0.1, -0.05) is 6.07 Å². The summed E-state index contributed by atoms with van der Waals surface area (Å²) < 4.78 is 0. The molecule has 1 aromatic heterocycles. The third-order valence-electron chi connectivity index (χ3n) is 4.30. The van der Waals surface area contributed by atoms with Crippen molar-refractivity contribution in [1.29, 1.82) is 0 Å². The number of rotatable bonds is 4. The average molecular weight is 274 g/mol. The average Bonchev–Trinajstić information content (AvgIpc) is 2.93. The number of urea groups is 1. The van der Waals surface area contributed by atoms with Crippen molar-refractivity contribution in [1.82, 2.24) is 20.1 Å². The lowest BCUT2D eigenvalue weighted by molar-refractivity contribution is 0.136. The van der Waals surface area contributed by atoms with E-state index in [1.165, 1.54) is 0 Å². The highest BCUT2D eigenvalue weighted by Crippen LogP contribution is 2.18. The Balaban J connectivity index is 1.43. The topological polar surface area (TPSA) is 48.5 Å². The maximum absolute atomic E-state index is 11.7. The van der Waals surface area contributed by atoms with Crippen LogP contribution >= 0.6 is 0 Å². The molecule has 108 valence electrons. The first-order chi connectivity index (χ1) is 9.83. The molecule has 0 saturated carbocycles. The molecule has 20 heavy (non-hydrogen) atoms. The van der Waals surface area contributed by atoms with Gasteiger partial charge in [0.05, 0.1) is 0 Å². The number of carbonyl (C=O) groups is 1. The summed E-state index contributed by atoms with van der Waals surface area (Å²) in [5.41, 5.74) is 1.16. The van der Waals surface area contributed by atoms with Crippen LogP contribution in [0.1, 0.15) is 18.5 Å². The summed E-state index contributed by atoms with van der Waals surface area (Å²) in [6, 6.07) is 6.64. The van der Waals surface area contributed by atoms with Crippen molar-refractivity contribution in [2.24, 2.45) is 0 Å². The molecule has 1 N–H and O–H groups in total. The largest absolute Gasteiger partial charge is 0.336 e. The second-order valence-electron chi connectivity index (χ2n) is 5.57. The zero-order valence-corrected chi connectivity index (χ0v) is 11.8. The van der Waals surface area contributed by atoms with Gasteiger partial charge in [-0.2, -0.15) is 0 Å². The lowest BCUT2D eigenvalue weighted by Crippen LogP contribution is -2.46. The summed E-state index contributed by atoms with van der Waals surface area (Å²) in [6.45, 7) is 4.91. The number of nitrogens with zero attached hydrogens (tertiary/aromatic N) is 3. The molecule has 2 amide bonds. The van der Waals surface area contributed by atoms with Crippen molar-refractivity contribution >= 4 is 6.03 Å². The molecule has 2 aliphatic rings. The fraction of sp³-hybridized carbons (Fsp3) is 0.600. The molecule has 5 heteroatoms. The molecule has 3 rings (SSSR count). The number of hydrogen-bond acceptors (Lipinski definition) is 3. The molecule has 0 bridgehead atoms. The monoisotopic (exact) mass is 274 g/mol. The van der Waals surface area contributed by atoms with Gasteiger partial charge in [0.25, 0.3) is 0 Å². The predicted molar refractivity (Wildman–Crippen MR) is 77.5 cm³/mol. The third-order valence-corrected chi connectivity index (χ3v) is 4.30. The van der Waals surface area contributed by atoms with Crippen LogP contribution in [0.2, 0.25) is 0 Å². The zero-order valence-electron chi connectivity index (χ0n) is 11.8. The SMILES string of the molecule is O=C1NCCN1C1CCN(CCc2ccccn2)CC1.